The van der Waals surface area contributed by atoms with Crippen molar-refractivity contribution in [1.29, 1.82) is 0 Å². The number of anilines is 3. The summed E-state index contributed by atoms with van der Waals surface area (Å²) in [7, 11) is 1.29. The summed E-state index contributed by atoms with van der Waals surface area (Å²) in [5.74, 6) is -2.03. The third kappa shape index (κ3) is 9.72. The van der Waals surface area contributed by atoms with Gasteiger partial charge in [-0.15, -0.1) is 0 Å². The number of nitrogens with one attached hydrogen (secondary N) is 3. The molecule has 0 unspecified atom stereocenters. The summed E-state index contributed by atoms with van der Waals surface area (Å²) in [6.07, 6.45) is -4.57. The molecule has 0 radical (unpaired) electrons. The van der Waals surface area contributed by atoms with E-state index in [0.29, 0.717) is 18.0 Å². The van der Waals surface area contributed by atoms with E-state index in [1.807, 2.05) is 6.92 Å². The van der Waals surface area contributed by atoms with Crippen LogP contribution in [0.5, 0.6) is 17.2 Å². The van der Waals surface area contributed by atoms with Crippen LogP contribution in [0.3, 0.4) is 0 Å². The first kappa shape index (κ1) is 34.8. The molecule has 4 aromatic carbocycles. The second kappa shape index (κ2) is 16.0. The summed E-state index contributed by atoms with van der Waals surface area (Å²) in [5.41, 5.74) is -0.101. The summed E-state index contributed by atoms with van der Waals surface area (Å²) >= 11 is 0. The van der Waals surface area contributed by atoms with Crippen LogP contribution in [-0.2, 0) is 20.5 Å². The number of rotatable bonds is 13. The van der Waals surface area contributed by atoms with Crippen LogP contribution >= 0.6 is 0 Å². The Bertz CT molecular complexity index is 1780. The highest BCUT2D eigenvalue weighted by atomic mass is 19.4. The Morgan fingerprint density at radius 2 is 1.44 bits per heavy atom. The maximum atomic E-state index is 12.9. The highest BCUT2D eigenvalue weighted by molar-refractivity contribution is 6.10. The lowest BCUT2D eigenvalue weighted by atomic mass is 10.1. The first-order chi connectivity index (χ1) is 23.0. The Balaban J connectivity index is 1.30. The number of carbonyl (C=O) groups excluding carboxylic acids is 4. The highest BCUT2D eigenvalue weighted by Gasteiger charge is 2.30. The monoisotopic (exact) mass is 665 g/mol. The third-order valence-electron chi connectivity index (χ3n) is 6.44. The normalized spacial score (nSPS) is 10.8. The molecule has 0 saturated carbocycles. The van der Waals surface area contributed by atoms with Gasteiger partial charge in [-0.2, -0.15) is 13.2 Å². The number of ether oxygens (including phenoxy) is 4. The summed E-state index contributed by atoms with van der Waals surface area (Å²) in [4.78, 5) is 50.5. The van der Waals surface area contributed by atoms with Gasteiger partial charge in [0.1, 0.15) is 5.75 Å². The Morgan fingerprint density at radius 3 is 2.15 bits per heavy atom. The standard InChI is InChI=1S/C34H30F3N3O8/c1-3-46-25-14-12-23(13-15-25)39-32(43)26-9-4-5-10-27(26)40-31(42)20-48-33(44)21-11-16-28(29(17-21)45-2)47-19-30(41)38-24-8-6-7-22(18-24)34(35,36)37/h4-18H,3,19-20H2,1-2H3,(H,38,41)(H,39,43)(H,40,42). The Kier molecular flexibility index (Phi) is 11.6. The number of esters is 1. The van der Waals surface area contributed by atoms with Crippen molar-refractivity contribution in [3.8, 4) is 17.2 Å². The minimum Gasteiger partial charge on any atom is -0.494 e. The number of para-hydroxylation sites is 1. The lowest BCUT2D eigenvalue weighted by Crippen LogP contribution is -2.23. The molecule has 4 aromatic rings. The van der Waals surface area contributed by atoms with Crippen LogP contribution in [0.2, 0.25) is 0 Å². The number of hydrogen-bond acceptors (Lipinski definition) is 8. The fourth-order valence-electron chi connectivity index (χ4n) is 4.22. The molecule has 0 aliphatic carbocycles. The average molecular weight is 666 g/mol. The van der Waals surface area contributed by atoms with E-state index in [1.54, 1.807) is 36.4 Å². The predicted octanol–water partition coefficient (Wildman–Crippen LogP) is 6.18. The van der Waals surface area contributed by atoms with E-state index in [4.69, 9.17) is 18.9 Å². The zero-order chi connectivity index (χ0) is 34.7. The third-order valence-corrected chi connectivity index (χ3v) is 6.44. The molecule has 0 spiro atoms. The molecule has 0 bridgehead atoms. The number of carbonyl (C=O) groups is 4. The van der Waals surface area contributed by atoms with Crippen molar-refractivity contribution in [2.24, 2.45) is 0 Å². The molecule has 3 N–H and O–H groups in total. The van der Waals surface area contributed by atoms with Crippen LogP contribution in [0, 0.1) is 0 Å². The molecular formula is C34H30F3N3O8. The Hall–Kier alpha value is -6.05. The molecule has 0 saturated heterocycles. The highest BCUT2D eigenvalue weighted by Crippen LogP contribution is 2.31. The minimum atomic E-state index is -4.57. The summed E-state index contributed by atoms with van der Waals surface area (Å²) in [6, 6.07) is 21.1. The van der Waals surface area contributed by atoms with Crippen molar-refractivity contribution in [2.45, 2.75) is 13.1 Å². The van der Waals surface area contributed by atoms with Gasteiger partial charge in [-0.25, -0.2) is 4.79 Å². The lowest BCUT2D eigenvalue weighted by molar-refractivity contribution is -0.137. The van der Waals surface area contributed by atoms with Gasteiger partial charge in [0.15, 0.2) is 24.7 Å². The van der Waals surface area contributed by atoms with Crippen LogP contribution in [-0.4, -0.2) is 50.6 Å². The first-order valence-electron chi connectivity index (χ1n) is 14.3. The number of amides is 3. The van der Waals surface area contributed by atoms with Gasteiger partial charge in [0.05, 0.1) is 36.1 Å². The zero-order valence-corrected chi connectivity index (χ0v) is 25.7. The molecule has 0 aromatic heterocycles. The van der Waals surface area contributed by atoms with Gasteiger partial charge in [0.2, 0.25) is 0 Å². The van der Waals surface area contributed by atoms with Gasteiger partial charge in [0.25, 0.3) is 17.7 Å². The molecule has 3 amide bonds. The van der Waals surface area contributed by atoms with Gasteiger partial charge in [-0.1, -0.05) is 18.2 Å². The smallest absolute Gasteiger partial charge is 0.416 e. The van der Waals surface area contributed by atoms with Crippen molar-refractivity contribution in [3.63, 3.8) is 0 Å². The van der Waals surface area contributed by atoms with Crippen molar-refractivity contribution in [2.75, 3.05) is 42.9 Å². The van der Waals surface area contributed by atoms with E-state index >= 15 is 0 Å². The lowest BCUT2D eigenvalue weighted by Gasteiger charge is -2.13. The maximum absolute atomic E-state index is 12.9. The Morgan fingerprint density at radius 1 is 0.708 bits per heavy atom. The summed E-state index contributed by atoms with van der Waals surface area (Å²) < 4.78 is 60.0. The zero-order valence-electron chi connectivity index (χ0n) is 25.7. The second-order valence-electron chi connectivity index (χ2n) is 9.86. The van der Waals surface area contributed by atoms with Gasteiger partial charge in [-0.05, 0) is 79.7 Å². The number of methoxy groups -OCH3 is 1. The van der Waals surface area contributed by atoms with Crippen LogP contribution < -0.4 is 30.2 Å². The predicted molar refractivity (Wildman–Crippen MR) is 169 cm³/mol. The summed E-state index contributed by atoms with van der Waals surface area (Å²) in [5, 5.41) is 7.63. The van der Waals surface area contributed by atoms with Crippen molar-refractivity contribution >= 4 is 40.8 Å². The topological polar surface area (TPSA) is 141 Å². The molecule has 0 atom stereocenters. The van der Waals surface area contributed by atoms with Crippen molar-refractivity contribution in [3.05, 3.63) is 108 Å². The number of hydrogen-bond donors (Lipinski definition) is 3. The molecule has 0 heterocycles. The first-order valence-corrected chi connectivity index (χ1v) is 14.3. The Labute approximate surface area is 272 Å². The van der Waals surface area contributed by atoms with E-state index in [1.165, 1.54) is 43.5 Å². The summed E-state index contributed by atoms with van der Waals surface area (Å²) in [6.45, 7) is 1.11. The number of halogens is 3. The largest absolute Gasteiger partial charge is 0.494 e. The van der Waals surface area contributed by atoms with E-state index in [0.717, 1.165) is 18.2 Å². The fraction of sp³-hybridized carbons (Fsp3) is 0.176. The van der Waals surface area contributed by atoms with Gasteiger partial charge < -0.3 is 34.9 Å². The maximum Gasteiger partial charge on any atom is 0.416 e. The number of alkyl halides is 3. The minimum absolute atomic E-state index is 0.00412. The van der Waals surface area contributed by atoms with Gasteiger partial charge in [0, 0.05) is 11.4 Å². The molecular weight excluding hydrogens is 635 g/mol. The van der Waals surface area contributed by atoms with Crippen LogP contribution in [0.1, 0.15) is 33.2 Å². The second-order valence-corrected chi connectivity index (χ2v) is 9.86. The van der Waals surface area contributed by atoms with Crippen LogP contribution in [0.4, 0.5) is 30.2 Å². The van der Waals surface area contributed by atoms with E-state index < -0.39 is 48.6 Å². The van der Waals surface area contributed by atoms with E-state index in [-0.39, 0.29) is 34.0 Å². The SMILES string of the molecule is CCOc1ccc(NC(=O)c2ccccc2NC(=O)COC(=O)c2ccc(OCC(=O)Nc3cccc(C(F)(F)F)c3)c(OC)c2)cc1. The molecule has 14 heteroatoms. The van der Waals surface area contributed by atoms with Crippen molar-refractivity contribution in [1.82, 2.24) is 0 Å². The molecule has 48 heavy (non-hydrogen) atoms. The fourth-order valence-corrected chi connectivity index (χ4v) is 4.22. The molecule has 0 aliphatic rings. The molecule has 4 rings (SSSR count). The van der Waals surface area contributed by atoms with Gasteiger partial charge in [-0.3, -0.25) is 14.4 Å². The van der Waals surface area contributed by atoms with Crippen LogP contribution in [0.25, 0.3) is 0 Å². The average Bonchev–Trinajstić information content (AvgIpc) is 3.07. The molecule has 11 nitrogen and oxygen atoms in total. The van der Waals surface area contributed by atoms with E-state index in [2.05, 4.69) is 16.0 Å². The molecule has 0 fully saturated rings. The molecule has 250 valence electrons. The van der Waals surface area contributed by atoms with Crippen LogP contribution in [0.15, 0.2) is 91.0 Å². The van der Waals surface area contributed by atoms with Gasteiger partial charge >= 0.3 is 12.1 Å². The van der Waals surface area contributed by atoms with E-state index in [9.17, 15) is 32.3 Å². The quantitative estimate of drug-likeness (QED) is 0.144. The molecule has 0 aliphatic heterocycles. The number of benzene rings is 4. The van der Waals surface area contributed by atoms with Crippen molar-refractivity contribution < 1.29 is 51.3 Å².